The van der Waals surface area contributed by atoms with Gasteiger partial charge >= 0.3 is 0 Å². The first kappa shape index (κ1) is 9.50. The predicted molar refractivity (Wildman–Crippen MR) is 61.5 cm³/mol. The summed E-state index contributed by atoms with van der Waals surface area (Å²) in [4.78, 5) is 0. The SMILES string of the molecule is CN(I)c1ccc(F)c(I)c1. The van der Waals surface area contributed by atoms with Gasteiger partial charge in [0.15, 0.2) is 0 Å². The van der Waals surface area contributed by atoms with Gasteiger partial charge in [-0.25, -0.2) is 4.39 Å². The van der Waals surface area contributed by atoms with Gasteiger partial charge in [-0.2, -0.15) is 0 Å². The third-order valence-electron chi connectivity index (χ3n) is 1.26. The largest absolute Gasteiger partial charge is 0.318 e. The average Bonchev–Trinajstić information content (AvgIpc) is 1.94. The Labute approximate surface area is 92.6 Å². The highest BCUT2D eigenvalue weighted by Gasteiger charge is 2.01. The van der Waals surface area contributed by atoms with E-state index in [-0.39, 0.29) is 5.82 Å². The van der Waals surface area contributed by atoms with Gasteiger partial charge in [0.1, 0.15) is 5.82 Å². The van der Waals surface area contributed by atoms with Crippen LogP contribution in [0.5, 0.6) is 0 Å². The van der Waals surface area contributed by atoms with Crippen LogP contribution in [-0.4, -0.2) is 7.05 Å². The van der Waals surface area contributed by atoms with Crippen LogP contribution in [0.25, 0.3) is 0 Å². The molecule has 4 heteroatoms. The van der Waals surface area contributed by atoms with Gasteiger partial charge in [-0.3, -0.25) is 0 Å². The second-order valence-electron chi connectivity index (χ2n) is 2.08. The molecule has 0 saturated carbocycles. The molecular formula is C7H6FI2N. The molecule has 0 amide bonds. The van der Waals surface area contributed by atoms with Gasteiger partial charge in [-0.1, -0.05) is 0 Å². The number of benzene rings is 1. The van der Waals surface area contributed by atoms with Crippen molar-refractivity contribution in [2.45, 2.75) is 0 Å². The standard InChI is InChI=1S/C7H6FI2N/c1-11(10)5-2-3-6(8)7(9)4-5/h2-4H,1H3. The van der Waals surface area contributed by atoms with Crippen molar-refractivity contribution in [3.63, 3.8) is 0 Å². The highest BCUT2D eigenvalue weighted by atomic mass is 127. The Balaban J connectivity index is 3.05. The van der Waals surface area contributed by atoms with Gasteiger partial charge < -0.3 is 3.11 Å². The molecular weight excluding hydrogens is 371 g/mol. The van der Waals surface area contributed by atoms with Crippen molar-refractivity contribution < 1.29 is 4.39 Å². The second kappa shape index (κ2) is 3.88. The molecule has 0 aliphatic carbocycles. The molecule has 0 radical (unpaired) electrons. The molecule has 0 bridgehead atoms. The van der Waals surface area contributed by atoms with E-state index in [1.54, 1.807) is 6.07 Å². The van der Waals surface area contributed by atoms with Crippen LogP contribution in [0.1, 0.15) is 0 Å². The Kier molecular flexibility index (Phi) is 3.35. The fourth-order valence-corrected chi connectivity index (χ4v) is 1.48. The molecule has 11 heavy (non-hydrogen) atoms. The van der Waals surface area contributed by atoms with Crippen LogP contribution in [0.2, 0.25) is 0 Å². The minimum atomic E-state index is -0.160. The Morgan fingerprint density at radius 3 is 2.55 bits per heavy atom. The molecule has 0 atom stereocenters. The lowest BCUT2D eigenvalue weighted by molar-refractivity contribution is 0.620. The Bertz CT molecular complexity index is 263. The number of hydrogen-bond donors (Lipinski definition) is 0. The topological polar surface area (TPSA) is 3.24 Å². The van der Waals surface area contributed by atoms with Crippen molar-refractivity contribution in [3.8, 4) is 0 Å². The Morgan fingerprint density at radius 2 is 2.09 bits per heavy atom. The van der Waals surface area contributed by atoms with Gasteiger partial charge in [0.2, 0.25) is 0 Å². The molecule has 0 aliphatic rings. The van der Waals surface area contributed by atoms with Crippen LogP contribution in [0.15, 0.2) is 18.2 Å². The molecule has 0 heterocycles. The van der Waals surface area contributed by atoms with E-state index in [2.05, 4.69) is 22.9 Å². The molecule has 0 N–H and O–H groups in total. The smallest absolute Gasteiger partial charge is 0.136 e. The molecule has 60 valence electrons. The fraction of sp³-hybridized carbons (Fsp3) is 0.143. The number of nitrogens with zero attached hydrogens (tertiary/aromatic N) is 1. The lowest BCUT2D eigenvalue weighted by atomic mass is 10.3. The summed E-state index contributed by atoms with van der Waals surface area (Å²) in [7, 11) is 1.92. The summed E-state index contributed by atoms with van der Waals surface area (Å²) < 4.78 is 15.3. The van der Waals surface area contributed by atoms with Crippen LogP contribution >= 0.6 is 45.5 Å². The summed E-state index contributed by atoms with van der Waals surface area (Å²) in [5, 5.41) is 0. The minimum Gasteiger partial charge on any atom is -0.318 e. The molecule has 0 saturated heterocycles. The van der Waals surface area contributed by atoms with E-state index >= 15 is 0 Å². The molecule has 0 fully saturated rings. The molecule has 0 aliphatic heterocycles. The maximum atomic E-state index is 12.7. The maximum absolute atomic E-state index is 12.7. The summed E-state index contributed by atoms with van der Waals surface area (Å²) in [6.45, 7) is 0. The van der Waals surface area contributed by atoms with Gasteiger partial charge in [-0.05, 0) is 40.8 Å². The van der Waals surface area contributed by atoms with Crippen LogP contribution in [-0.2, 0) is 0 Å². The summed E-state index contributed by atoms with van der Waals surface area (Å²) in [6.07, 6.45) is 0. The van der Waals surface area contributed by atoms with E-state index in [0.717, 1.165) is 5.69 Å². The van der Waals surface area contributed by atoms with E-state index in [1.807, 2.05) is 38.8 Å². The zero-order valence-electron chi connectivity index (χ0n) is 5.81. The lowest BCUT2D eigenvalue weighted by Gasteiger charge is -2.09. The van der Waals surface area contributed by atoms with Crippen LogP contribution < -0.4 is 3.11 Å². The highest BCUT2D eigenvalue weighted by molar-refractivity contribution is 14.1. The summed E-state index contributed by atoms with van der Waals surface area (Å²) in [5.74, 6) is -0.160. The number of rotatable bonds is 1. The van der Waals surface area contributed by atoms with Gasteiger partial charge in [-0.15, -0.1) is 0 Å². The van der Waals surface area contributed by atoms with Crippen molar-refractivity contribution in [3.05, 3.63) is 27.6 Å². The van der Waals surface area contributed by atoms with E-state index in [0.29, 0.717) is 3.57 Å². The first-order valence-electron chi connectivity index (χ1n) is 2.96. The molecule has 0 aromatic heterocycles. The van der Waals surface area contributed by atoms with Crippen molar-refractivity contribution in [2.75, 3.05) is 10.2 Å². The minimum absolute atomic E-state index is 0.160. The third-order valence-corrected chi connectivity index (χ3v) is 2.64. The summed E-state index contributed by atoms with van der Waals surface area (Å²) >= 11 is 4.12. The number of hydrogen-bond acceptors (Lipinski definition) is 1. The highest BCUT2D eigenvalue weighted by Crippen LogP contribution is 2.21. The maximum Gasteiger partial charge on any atom is 0.136 e. The van der Waals surface area contributed by atoms with Crippen molar-refractivity contribution in [2.24, 2.45) is 0 Å². The lowest BCUT2D eigenvalue weighted by Crippen LogP contribution is -1.99. The first-order valence-corrected chi connectivity index (χ1v) is 5.00. The zero-order valence-corrected chi connectivity index (χ0v) is 10.1. The first-order chi connectivity index (χ1) is 5.11. The van der Waals surface area contributed by atoms with E-state index in [4.69, 9.17) is 0 Å². The Hall–Kier alpha value is 0.410. The van der Waals surface area contributed by atoms with Gasteiger partial charge in [0.25, 0.3) is 0 Å². The fourth-order valence-electron chi connectivity index (χ4n) is 0.677. The Morgan fingerprint density at radius 1 is 1.45 bits per heavy atom. The molecule has 1 aromatic carbocycles. The summed E-state index contributed by atoms with van der Waals surface area (Å²) in [5.41, 5.74) is 1.01. The van der Waals surface area contributed by atoms with Crippen LogP contribution in [0.4, 0.5) is 10.1 Å². The molecule has 1 aromatic rings. The predicted octanol–water partition coefficient (Wildman–Crippen LogP) is 3.22. The van der Waals surface area contributed by atoms with Crippen LogP contribution in [0, 0.1) is 9.39 Å². The third kappa shape index (κ3) is 2.43. The van der Waals surface area contributed by atoms with Crippen molar-refractivity contribution in [1.29, 1.82) is 0 Å². The quantitative estimate of drug-likeness (QED) is 0.537. The summed E-state index contributed by atoms with van der Waals surface area (Å²) in [6, 6.07) is 5.04. The normalized spacial score (nSPS) is 9.82. The van der Waals surface area contributed by atoms with Crippen molar-refractivity contribution >= 4 is 51.1 Å². The van der Waals surface area contributed by atoms with Crippen LogP contribution in [0.3, 0.4) is 0 Å². The molecule has 0 spiro atoms. The van der Waals surface area contributed by atoms with Gasteiger partial charge in [0, 0.05) is 12.7 Å². The van der Waals surface area contributed by atoms with Gasteiger partial charge in [0.05, 0.1) is 26.4 Å². The molecule has 1 nitrogen and oxygen atoms in total. The number of anilines is 1. The van der Waals surface area contributed by atoms with E-state index in [1.165, 1.54) is 6.07 Å². The zero-order chi connectivity index (χ0) is 8.43. The number of halogens is 3. The molecule has 1 rings (SSSR count). The van der Waals surface area contributed by atoms with E-state index in [9.17, 15) is 4.39 Å². The average molecular weight is 377 g/mol. The van der Waals surface area contributed by atoms with E-state index < -0.39 is 0 Å². The van der Waals surface area contributed by atoms with Crippen molar-refractivity contribution in [1.82, 2.24) is 0 Å². The second-order valence-corrected chi connectivity index (χ2v) is 4.69. The monoisotopic (exact) mass is 377 g/mol. The molecule has 0 unspecified atom stereocenters.